The van der Waals surface area contributed by atoms with Crippen LogP contribution in [0.15, 0.2) is 23.8 Å². The van der Waals surface area contributed by atoms with Crippen molar-refractivity contribution in [2.24, 2.45) is 41.4 Å². The van der Waals surface area contributed by atoms with E-state index in [2.05, 4.69) is 58.0 Å². The lowest BCUT2D eigenvalue weighted by atomic mass is 9.70. The molecule has 53 heavy (non-hydrogen) atoms. The standard InChI is InChI=1S/C42H67NO10/c1-22(2)34-12-11-13-35(53-37-17-16-33(43(6)7)24(4)49-37)23(3)38(45)32-20-30-28(31(32)21-36(44)52-34)15-14-26-18-27(19-29(26)30)51-42-41(48-10)40(47-9)39(46-8)25(5)50-42/h14-15,20,22-31,33-35,37,39-42H,11-13,16-19,21H2,1-10H3/t23-,24-,25+,26-,27?,28-,29-,30-,31+,33+,34-,35-,37+,39+,40-,41-,42+/m1/s1. The quantitative estimate of drug-likeness (QED) is 0.213. The third-order valence-electron chi connectivity index (χ3n) is 13.5. The van der Waals surface area contributed by atoms with Gasteiger partial charge in [0.2, 0.25) is 0 Å². The van der Waals surface area contributed by atoms with Gasteiger partial charge in [0.15, 0.2) is 18.4 Å². The molecule has 3 saturated heterocycles. The highest BCUT2D eigenvalue weighted by atomic mass is 16.7. The molecule has 0 amide bonds. The lowest BCUT2D eigenvalue weighted by Gasteiger charge is -2.44. The number of allylic oxidation sites excluding steroid dienone is 4. The summed E-state index contributed by atoms with van der Waals surface area (Å²) < 4.78 is 49.7. The fraction of sp³-hybridized carbons (Fsp3) is 0.857. The summed E-state index contributed by atoms with van der Waals surface area (Å²) in [5.41, 5.74) is 0.762. The number of rotatable bonds is 9. The molecule has 1 unspecified atom stereocenters. The Bertz CT molecular complexity index is 1320. The van der Waals surface area contributed by atoms with Crippen LogP contribution < -0.4 is 0 Å². The van der Waals surface area contributed by atoms with Crippen LogP contribution >= 0.6 is 0 Å². The summed E-state index contributed by atoms with van der Waals surface area (Å²) in [6, 6.07) is 0.336. The van der Waals surface area contributed by atoms with Crippen molar-refractivity contribution in [3.05, 3.63) is 23.8 Å². The minimum absolute atomic E-state index is 0.0341. The second-order valence-electron chi connectivity index (χ2n) is 17.2. The van der Waals surface area contributed by atoms with E-state index in [1.54, 1.807) is 21.3 Å². The molecule has 4 fully saturated rings. The van der Waals surface area contributed by atoms with Crippen LogP contribution in [0.2, 0.25) is 0 Å². The van der Waals surface area contributed by atoms with E-state index in [-0.39, 0.29) is 103 Å². The van der Waals surface area contributed by atoms with Crippen LogP contribution in [0.1, 0.15) is 86.0 Å². The number of esters is 1. The summed E-state index contributed by atoms with van der Waals surface area (Å²) in [4.78, 5) is 30.6. The average Bonchev–Trinajstić information content (AvgIpc) is 3.70. The van der Waals surface area contributed by atoms with Crippen molar-refractivity contribution >= 4 is 11.8 Å². The first-order valence-corrected chi connectivity index (χ1v) is 20.3. The molecule has 6 rings (SSSR count). The second kappa shape index (κ2) is 17.6. The van der Waals surface area contributed by atoms with Crippen molar-refractivity contribution in [2.45, 2.75) is 153 Å². The predicted molar refractivity (Wildman–Crippen MR) is 199 cm³/mol. The van der Waals surface area contributed by atoms with Crippen LogP contribution in [0, 0.1) is 41.4 Å². The Kier molecular flexibility index (Phi) is 13.6. The Morgan fingerprint density at radius 2 is 1.55 bits per heavy atom. The van der Waals surface area contributed by atoms with Gasteiger partial charge in [0, 0.05) is 39.2 Å². The molecule has 0 aromatic heterocycles. The summed E-state index contributed by atoms with van der Waals surface area (Å²) in [5, 5.41) is 0. The lowest BCUT2D eigenvalue weighted by Crippen LogP contribution is -2.59. The molecule has 0 aromatic carbocycles. The first-order valence-electron chi connectivity index (χ1n) is 20.3. The Morgan fingerprint density at radius 1 is 0.811 bits per heavy atom. The number of fused-ring (bicyclic) bond motifs is 5. The van der Waals surface area contributed by atoms with Gasteiger partial charge < -0.3 is 42.8 Å². The van der Waals surface area contributed by atoms with E-state index in [9.17, 15) is 9.59 Å². The van der Waals surface area contributed by atoms with Gasteiger partial charge in [-0.05, 0) is 108 Å². The molecule has 3 aliphatic heterocycles. The molecule has 300 valence electrons. The molecule has 3 aliphatic carbocycles. The third kappa shape index (κ3) is 8.68. The van der Waals surface area contributed by atoms with E-state index < -0.39 is 12.4 Å². The number of carbonyl (C=O) groups is 2. The van der Waals surface area contributed by atoms with Gasteiger partial charge in [-0.25, -0.2) is 0 Å². The number of hydrogen-bond donors (Lipinski definition) is 0. The highest BCUT2D eigenvalue weighted by molar-refractivity contribution is 5.99. The molecule has 0 spiro atoms. The van der Waals surface area contributed by atoms with Gasteiger partial charge >= 0.3 is 5.97 Å². The first kappa shape index (κ1) is 40.9. The summed E-state index contributed by atoms with van der Waals surface area (Å²) in [6.45, 7) is 10.3. The van der Waals surface area contributed by atoms with Crippen molar-refractivity contribution in [3.63, 3.8) is 0 Å². The van der Waals surface area contributed by atoms with Crippen molar-refractivity contribution in [1.29, 1.82) is 0 Å². The van der Waals surface area contributed by atoms with E-state index >= 15 is 0 Å². The van der Waals surface area contributed by atoms with Gasteiger partial charge in [0.1, 0.15) is 24.4 Å². The molecule has 3 heterocycles. The largest absolute Gasteiger partial charge is 0.462 e. The van der Waals surface area contributed by atoms with Gasteiger partial charge in [-0.3, -0.25) is 9.59 Å². The zero-order chi connectivity index (χ0) is 38.1. The van der Waals surface area contributed by atoms with Crippen LogP contribution in [0.25, 0.3) is 0 Å². The molecule has 0 aromatic rings. The van der Waals surface area contributed by atoms with Gasteiger partial charge in [-0.1, -0.05) is 39.0 Å². The van der Waals surface area contributed by atoms with E-state index in [0.717, 1.165) is 44.1 Å². The molecular weight excluding hydrogens is 678 g/mol. The molecule has 11 heteroatoms. The summed E-state index contributed by atoms with van der Waals surface area (Å²) >= 11 is 0. The third-order valence-corrected chi connectivity index (χ3v) is 13.5. The average molecular weight is 746 g/mol. The fourth-order valence-electron chi connectivity index (χ4n) is 10.5. The van der Waals surface area contributed by atoms with Crippen LogP contribution in [0.4, 0.5) is 0 Å². The number of carbonyl (C=O) groups excluding carboxylic acids is 2. The van der Waals surface area contributed by atoms with E-state index in [1.807, 2.05) is 13.8 Å². The molecule has 0 N–H and O–H groups in total. The van der Waals surface area contributed by atoms with Gasteiger partial charge in [0.05, 0.1) is 30.8 Å². The predicted octanol–water partition coefficient (Wildman–Crippen LogP) is 5.73. The highest BCUT2D eigenvalue weighted by Gasteiger charge is 2.52. The minimum Gasteiger partial charge on any atom is -0.462 e. The monoisotopic (exact) mass is 745 g/mol. The molecule has 1 saturated carbocycles. The van der Waals surface area contributed by atoms with Crippen molar-refractivity contribution < 1.29 is 47.5 Å². The SMILES string of the molecule is CO[C@@H]1[C@@H](OC)[C@H](C)O[C@@H](OC2C[C@H]3[C@@H]4C=C5C(=O)[C@H](C)[C@H](O[C@H]6CC[C@H](N(C)C)[C@@H](C)O6)CCC[C@H](C(C)C)OC(=O)C[C@H]5[C@@H]4C=C[C@@H]3C2)[C@@H]1OC. The van der Waals surface area contributed by atoms with Gasteiger partial charge in [-0.2, -0.15) is 0 Å². The van der Waals surface area contributed by atoms with Crippen LogP contribution in [-0.2, 0) is 47.5 Å². The maximum atomic E-state index is 14.7. The number of hydrogen-bond acceptors (Lipinski definition) is 11. The highest BCUT2D eigenvalue weighted by Crippen LogP contribution is 2.54. The minimum atomic E-state index is -0.596. The topological polar surface area (TPSA) is 111 Å². The zero-order valence-corrected chi connectivity index (χ0v) is 33.8. The molecule has 0 radical (unpaired) electrons. The Hall–Kier alpha value is -1.70. The number of likely N-dealkylation sites (N-methyl/N-ethyl adjacent to an activating group) is 1. The first-order chi connectivity index (χ1) is 25.3. The van der Waals surface area contributed by atoms with Gasteiger partial charge in [-0.15, -0.1) is 0 Å². The zero-order valence-electron chi connectivity index (χ0n) is 33.8. The van der Waals surface area contributed by atoms with Crippen LogP contribution in [0.5, 0.6) is 0 Å². The fourth-order valence-corrected chi connectivity index (χ4v) is 10.5. The number of nitrogens with zero attached hydrogens (tertiary/aromatic N) is 1. The van der Waals surface area contributed by atoms with E-state index in [0.29, 0.717) is 18.4 Å². The molecule has 0 bridgehead atoms. The second-order valence-corrected chi connectivity index (χ2v) is 17.2. The smallest absolute Gasteiger partial charge is 0.306 e. The van der Waals surface area contributed by atoms with Crippen molar-refractivity contribution in [2.75, 3.05) is 35.4 Å². The Balaban J connectivity index is 1.22. The van der Waals surface area contributed by atoms with Crippen LogP contribution in [0.3, 0.4) is 0 Å². The summed E-state index contributed by atoms with van der Waals surface area (Å²) in [6.07, 6.45) is 9.95. The lowest BCUT2D eigenvalue weighted by molar-refractivity contribution is -0.314. The van der Waals surface area contributed by atoms with Crippen molar-refractivity contribution in [1.82, 2.24) is 4.90 Å². The van der Waals surface area contributed by atoms with E-state index in [1.165, 1.54) is 0 Å². The molecule has 11 nitrogen and oxygen atoms in total. The molecule has 6 aliphatic rings. The Labute approximate surface area is 317 Å². The summed E-state index contributed by atoms with van der Waals surface area (Å²) in [5.74, 6) is 0.169. The summed E-state index contributed by atoms with van der Waals surface area (Å²) in [7, 11) is 9.16. The van der Waals surface area contributed by atoms with Crippen molar-refractivity contribution in [3.8, 4) is 0 Å². The number of ether oxygens (including phenoxy) is 8. The maximum Gasteiger partial charge on any atom is 0.306 e. The number of methoxy groups -OCH3 is 3. The van der Waals surface area contributed by atoms with E-state index in [4.69, 9.17) is 37.9 Å². The van der Waals surface area contributed by atoms with Crippen LogP contribution in [-0.4, -0.2) is 120 Å². The van der Waals surface area contributed by atoms with Gasteiger partial charge in [0.25, 0.3) is 0 Å². The molecular formula is C42H67NO10. The maximum absolute atomic E-state index is 14.7. The number of Topliss-reactive ketones (excluding diaryl/α,β-unsaturated/α-hetero) is 1. The Morgan fingerprint density at radius 3 is 2.21 bits per heavy atom. The molecule has 17 atom stereocenters. The normalized spacial score (nSPS) is 45.2. The number of ketones is 1. The number of cyclic esters (lactones) is 1.